The average molecular weight is 452 g/mol. The van der Waals surface area contributed by atoms with Crippen molar-refractivity contribution in [1.82, 2.24) is 9.73 Å². The number of carbonyl (C=O) groups is 1. The molecule has 0 bridgehead atoms. The maximum absolute atomic E-state index is 12.9. The smallest absolute Gasteiger partial charge is 0.255 e. The lowest BCUT2D eigenvalue weighted by Crippen LogP contribution is -2.36. The zero-order chi connectivity index (χ0) is 23.0. The van der Waals surface area contributed by atoms with Crippen LogP contribution in [0.15, 0.2) is 46.4 Å². The van der Waals surface area contributed by atoms with Gasteiger partial charge in [-0.2, -0.15) is 9.41 Å². The van der Waals surface area contributed by atoms with Gasteiger partial charge in [-0.05, 0) is 30.3 Å². The van der Waals surface area contributed by atoms with Gasteiger partial charge in [-0.1, -0.05) is 0 Å². The van der Waals surface area contributed by atoms with Crippen molar-refractivity contribution in [2.45, 2.75) is 4.90 Å². The minimum atomic E-state index is -4.03. The second kappa shape index (κ2) is 10.6. The molecule has 0 spiro atoms. The molecule has 0 aliphatic carbocycles. The Hall–Kier alpha value is -3.31. The number of methoxy groups -OCH3 is 4. The van der Waals surface area contributed by atoms with Crippen molar-refractivity contribution in [3.05, 3.63) is 42.0 Å². The highest BCUT2D eigenvalue weighted by molar-refractivity contribution is 7.89. The van der Waals surface area contributed by atoms with Gasteiger partial charge in [-0.25, -0.2) is 13.8 Å². The summed E-state index contributed by atoms with van der Waals surface area (Å²) in [6, 6.07) is 9.48. The molecular formula is C20H25N3O7S. The van der Waals surface area contributed by atoms with Crippen LogP contribution in [0.5, 0.6) is 23.0 Å². The lowest BCUT2D eigenvalue weighted by atomic mass is 10.2. The Morgan fingerprint density at radius 3 is 2.13 bits per heavy atom. The first kappa shape index (κ1) is 24.0. The number of sulfonamides is 1. The van der Waals surface area contributed by atoms with Crippen molar-refractivity contribution in [3.63, 3.8) is 0 Å². The number of rotatable bonds is 10. The van der Waals surface area contributed by atoms with Crippen LogP contribution in [0.2, 0.25) is 0 Å². The van der Waals surface area contributed by atoms with Crippen molar-refractivity contribution in [2.24, 2.45) is 5.10 Å². The molecule has 168 valence electrons. The van der Waals surface area contributed by atoms with E-state index >= 15 is 0 Å². The molecule has 10 nitrogen and oxygen atoms in total. The fourth-order valence-electron chi connectivity index (χ4n) is 2.59. The fraction of sp³-hybridized carbons (Fsp3) is 0.300. The van der Waals surface area contributed by atoms with Gasteiger partial charge in [0.05, 0.1) is 41.2 Å². The van der Waals surface area contributed by atoms with Gasteiger partial charge in [0, 0.05) is 18.7 Å². The van der Waals surface area contributed by atoms with E-state index in [1.807, 2.05) is 0 Å². The third kappa shape index (κ3) is 5.86. The first-order valence-corrected chi connectivity index (χ1v) is 10.4. The molecule has 2 rings (SSSR count). The largest absolute Gasteiger partial charge is 0.497 e. The third-order valence-corrected chi connectivity index (χ3v) is 6.08. The van der Waals surface area contributed by atoms with Crippen LogP contribution in [0, 0.1) is 0 Å². The SMILES string of the molecule is COc1ccc(OC)c(/C=N/NC(=O)CN(C)S(=O)(=O)c2cc(OC)ccc2OC)c1. The Labute approximate surface area is 181 Å². The predicted molar refractivity (Wildman–Crippen MR) is 115 cm³/mol. The van der Waals surface area contributed by atoms with E-state index in [4.69, 9.17) is 18.9 Å². The summed E-state index contributed by atoms with van der Waals surface area (Å²) < 4.78 is 47.3. The Morgan fingerprint density at radius 2 is 1.55 bits per heavy atom. The molecule has 0 aromatic heterocycles. The number of carbonyl (C=O) groups excluding carboxylic acids is 1. The zero-order valence-electron chi connectivity index (χ0n) is 17.9. The van der Waals surface area contributed by atoms with E-state index < -0.39 is 22.5 Å². The maximum Gasteiger partial charge on any atom is 0.255 e. The molecule has 0 atom stereocenters. The number of benzene rings is 2. The molecule has 0 heterocycles. The van der Waals surface area contributed by atoms with Crippen molar-refractivity contribution in [3.8, 4) is 23.0 Å². The quantitative estimate of drug-likeness (QED) is 0.430. The topological polar surface area (TPSA) is 116 Å². The Bertz CT molecular complexity index is 1050. The van der Waals surface area contributed by atoms with Gasteiger partial charge in [0.15, 0.2) is 0 Å². The van der Waals surface area contributed by atoms with Gasteiger partial charge in [0.25, 0.3) is 5.91 Å². The predicted octanol–water partition coefficient (Wildman–Crippen LogP) is 1.49. The van der Waals surface area contributed by atoms with Crippen molar-refractivity contribution >= 4 is 22.1 Å². The van der Waals surface area contributed by atoms with Crippen LogP contribution in [0.3, 0.4) is 0 Å². The van der Waals surface area contributed by atoms with Gasteiger partial charge in [0.2, 0.25) is 10.0 Å². The van der Waals surface area contributed by atoms with E-state index in [1.54, 1.807) is 24.3 Å². The first-order chi connectivity index (χ1) is 14.8. The van der Waals surface area contributed by atoms with E-state index in [2.05, 4.69) is 10.5 Å². The molecule has 1 N–H and O–H groups in total. The Balaban J connectivity index is 2.11. The highest BCUT2D eigenvalue weighted by Crippen LogP contribution is 2.30. The lowest BCUT2D eigenvalue weighted by Gasteiger charge is -2.18. The number of likely N-dealkylation sites (N-methyl/N-ethyl adjacent to an activating group) is 1. The molecular weight excluding hydrogens is 426 g/mol. The number of ether oxygens (including phenoxy) is 4. The molecule has 2 aromatic carbocycles. The summed E-state index contributed by atoms with van der Waals surface area (Å²) >= 11 is 0. The van der Waals surface area contributed by atoms with Crippen LogP contribution in [0.25, 0.3) is 0 Å². The monoisotopic (exact) mass is 451 g/mol. The summed E-state index contributed by atoms with van der Waals surface area (Å²) in [7, 11) is 3.06. The second-order valence-electron chi connectivity index (χ2n) is 6.18. The van der Waals surface area contributed by atoms with Crippen molar-refractivity contribution in [2.75, 3.05) is 42.0 Å². The minimum Gasteiger partial charge on any atom is -0.497 e. The van der Waals surface area contributed by atoms with Crippen LogP contribution >= 0.6 is 0 Å². The Morgan fingerprint density at radius 1 is 0.968 bits per heavy atom. The molecule has 0 radical (unpaired) electrons. The molecule has 11 heteroatoms. The summed E-state index contributed by atoms with van der Waals surface area (Å²) in [4.78, 5) is 12.1. The number of nitrogens with one attached hydrogen (secondary N) is 1. The highest BCUT2D eigenvalue weighted by Gasteiger charge is 2.27. The van der Waals surface area contributed by atoms with E-state index in [1.165, 1.54) is 53.8 Å². The standard InChI is InChI=1S/C20H25N3O7S/c1-23(31(25,26)19-11-16(28-3)7-9-18(19)30-5)13-20(24)22-21-12-14-10-15(27-2)6-8-17(14)29-4/h6-12H,13H2,1-5H3,(H,22,24)/b21-12+. The van der Waals surface area contributed by atoms with Crippen LogP contribution in [0.4, 0.5) is 0 Å². The number of amides is 1. The number of hydrogen-bond acceptors (Lipinski definition) is 8. The van der Waals surface area contributed by atoms with Gasteiger partial charge in [-0.15, -0.1) is 0 Å². The summed E-state index contributed by atoms with van der Waals surface area (Å²) in [6.45, 7) is -0.463. The Kier molecular flexibility index (Phi) is 8.22. The van der Waals surface area contributed by atoms with Gasteiger partial charge >= 0.3 is 0 Å². The minimum absolute atomic E-state index is 0.116. The van der Waals surface area contributed by atoms with Gasteiger partial charge < -0.3 is 18.9 Å². The normalized spacial score (nSPS) is 11.4. The zero-order valence-corrected chi connectivity index (χ0v) is 18.7. The molecule has 0 aliphatic heterocycles. The maximum atomic E-state index is 12.9. The molecule has 0 saturated carbocycles. The summed E-state index contributed by atoms with van der Waals surface area (Å²) in [5.41, 5.74) is 2.87. The molecule has 31 heavy (non-hydrogen) atoms. The van der Waals surface area contributed by atoms with Gasteiger partial charge in [-0.3, -0.25) is 4.79 Å². The van der Waals surface area contributed by atoms with E-state index in [-0.39, 0.29) is 10.6 Å². The number of hydrazone groups is 1. The second-order valence-corrected chi connectivity index (χ2v) is 8.19. The van der Waals surface area contributed by atoms with E-state index in [9.17, 15) is 13.2 Å². The molecule has 0 fully saturated rings. The molecule has 0 saturated heterocycles. The summed E-state index contributed by atoms with van der Waals surface area (Å²) in [6.07, 6.45) is 1.37. The first-order valence-electron chi connectivity index (χ1n) is 8.99. The van der Waals surface area contributed by atoms with Crippen LogP contribution in [-0.2, 0) is 14.8 Å². The summed E-state index contributed by atoms with van der Waals surface area (Å²) in [5, 5.41) is 3.87. The van der Waals surface area contributed by atoms with Crippen molar-refractivity contribution < 1.29 is 32.2 Å². The molecule has 0 unspecified atom stereocenters. The molecule has 2 aromatic rings. The van der Waals surface area contributed by atoms with Crippen LogP contribution < -0.4 is 24.4 Å². The average Bonchev–Trinajstić information content (AvgIpc) is 2.78. The lowest BCUT2D eigenvalue weighted by molar-refractivity contribution is -0.121. The number of nitrogens with zero attached hydrogens (tertiary/aromatic N) is 2. The summed E-state index contributed by atoms with van der Waals surface area (Å²) in [5.74, 6) is 0.964. The highest BCUT2D eigenvalue weighted by atomic mass is 32.2. The fourth-order valence-corrected chi connectivity index (χ4v) is 3.88. The van der Waals surface area contributed by atoms with Gasteiger partial charge in [0.1, 0.15) is 27.9 Å². The van der Waals surface area contributed by atoms with Crippen LogP contribution in [-0.4, -0.2) is 66.9 Å². The van der Waals surface area contributed by atoms with E-state index in [0.29, 0.717) is 22.8 Å². The van der Waals surface area contributed by atoms with Crippen LogP contribution in [0.1, 0.15) is 5.56 Å². The molecule has 0 aliphatic rings. The third-order valence-electron chi connectivity index (χ3n) is 4.26. The van der Waals surface area contributed by atoms with Crippen molar-refractivity contribution in [1.29, 1.82) is 0 Å². The van der Waals surface area contributed by atoms with E-state index in [0.717, 1.165) is 4.31 Å². The molecule has 1 amide bonds. The number of hydrogen-bond donors (Lipinski definition) is 1.